The Balaban J connectivity index is 2.66. The van der Waals surface area contributed by atoms with Gasteiger partial charge in [-0.25, -0.2) is 4.39 Å². The fourth-order valence-corrected chi connectivity index (χ4v) is 1.83. The smallest absolute Gasteiger partial charge is 0.310 e. The third-order valence-electron chi connectivity index (χ3n) is 3.08. The van der Waals surface area contributed by atoms with Crippen molar-refractivity contribution in [3.05, 3.63) is 41.7 Å². The van der Waals surface area contributed by atoms with Crippen molar-refractivity contribution in [2.24, 2.45) is 5.92 Å². The largest absolute Gasteiger partial charge is 0.469 e. The molecule has 1 atom stereocenters. The summed E-state index contributed by atoms with van der Waals surface area (Å²) in [6.45, 7) is 4.35. The van der Waals surface area contributed by atoms with Crippen molar-refractivity contribution in [1.29, 1.82) is 0 Å². The first kappa shape index (κ1) is 16.9. The number of hydrogen-bond donors (Lipinski definition) is 0. The normalized spacial score (nSPS) is 12.2. The van der Waals surface area contributed by atoms with E-state index in [1.807, 2.05) is 6.92 Å². The summed E-state index contributed by atoms with van der Waals surface area (Å²) in [4.78, 5) is 25.0. The van der Waals surface area contributed by atoms with Gasteiger partial charge >= 0.3 is 5.97 Å². The minimum absolute atomic E-state index is 0.197. The Labute approximate surface area is 124 Å². The SMILES string of the molecule is CCN(CC(C)C(=O)OC)C(=O)/C=C/c1ccc(F)cc1. The number of amides is 1. The summed E-state index contributed by atoms with van der Waals surface area (Å²) in [6.07, 6.45) is 3.04. The number of methoxy groups -OCH3 is 1. The number of halogens is 1. The van der Waals surface area contributed by atoms with E-state index in [4.69, 9.17) is 0 Å². The standard InChI is InChI=1S/C16H20FNO3/c1-4-18(11-12(2)16(20)21-3)15(19)10-7-13-5-8-14(17)9-6-13/h5-10,12H,4,11H2,1-3H3/b10-7+. The molecule has 0 spiro atoms. The zero-order valence-corrected chi connectivity index (χ0v) is 12.5. The van der Waals surface area contributed by atoms with Crippen LogP contribution in [0, 0.1) is 11.7 Å². The number of carbonyl (C=O) groups is 2. The maximum Gasteiger partial charge on any atom is 0.310 e. The molecule has 0 radical (unpaired) electrons. The van der Waals surface area contributed by atoms with Gasteiger partial charge in [0.25, 0.3) is 0 Å². The zero-order chi connectivity index (χ0) is 15.8. The van der Waals surface area contributed by atoms with E-state index in [0.717, 1.165) is 5.56 Å². The molecule has 0 aliphatic heterocycles. The predicted octanol–water partition coefficient (Wildman–Crippen LogP) is 2.50. The lowest BCUT2D eigenvalue weighted by molar-refractivity contribution is -0.146. The van der Waals surface area contributed by atoms with Gasteiger partial charge in [-0.2, -0.15) is 0 Å². The number of benzene rings is 1. The van der Waals surface area contributed by atoms with E-state index in [-0.39, 0.29) is 23.6 Å². The van der Waals surface area contributed by atoms with Crippen molar-refractivity contribution in [2.45, 2.75) is 13.8 Å². The Morgan fingerprint density at radius 3 is 2.48 bits per heavy atom. The molecular formula is C16H20FNO3. The minimum Gasteiger partial charge on any atom is -0.469 e. The molecule has 1 aromatic carbocycles. The molecule has 1 rings (SSSR count). The van der Waals surface area contributed by atoms with Crippen LogP contribution in [0.25, 0.3) is 6.08 Å². The number of ether oxygens (including phenoxy) is 1. The molecule has 4 nitrogen and oxygen atoms in total. The van der Waals surface area contributed by atoms with E-state index in [1.54, 1.807) is 30.0 Å². The summed E-state index contributed by atoms with van der Waals surface area (Å²) in [7, 11) is 1.32. The fourth-order valence-electron chi connectivity index (χ4n) is 1.83. The molecule has 0 aromatic heterocycles. The summed E-state index contributed by atoms with van der Waals surface area (Å²) in [6, 6.07) is 5.85. The number of rotatable bonds is 6. The quantitative estimate of drug-likeness (QED) is 0.598. The second kappa shape index (κ2) is 8.19. The number of likely N-dealkylation sites (N-methyl/N-ethyl adjacent to an activating group) is 1. The van der Waals surface area contributed by atoms with Crippen LogP contribution in [0.2, 0.25) is 0 Å². The maximum atomic E-state index is 12.8. The van der Waals surface area contributed by atoms with Gasteiger partial charge in [0.05, 0.1) is 13.0 Å². The van der Waals surface area contributed by atoms with Gasteiger partial charge in [-0.3, -0.25) is 9.59 Å². The number of esters is 1. The van der Waals surface area contributed by atoms with Crippen molar-refractivity contribution >= 4 is 18.0 Å². The molecule has 1 unspecified atom stereocenters. The Morgan fingerprint density at radius 2 is 1.95 bits per heavy atom. The summed E-state index contributed by atoms with van der Waals surface area (Å²) < 4.78 is 17.4. The fraction of sp³-hybridized carbons (Fsp3) is 0.375. The highest BCUT2D eigenvalue weighted by atomic mass is 19.1. The van der Waals surface area contributed by atoms with Crippen molar-refractivity contribution in [3.8, 4) is 0 Å². The van der Waals surface area contributed by atoms with E-state index in [0.29, 0.717) is 13.1 Å². The van der Waals surface area contributed by atoms with E-state index in [2.05, 4.69) is 4.74 Å². The van der Waals surface area contributed by atoms with Crippen LogP contribution >= 0.6 is 0 Å². The maximum absolute atomic E-state index is 12.8. The van der Waals surface area contributed by atoms with Gasteiger partial charge in [0.1, 0.15) is 5.82 Å². The average molecular weight is 293 g/mol. The van der Waals surface area contributed by atoms with E-state index in [9.17, 15) is 14.0 Å². The highest BCUT2D eigenvalue weighted by molar-refractivity contribution is 5.92. The molecule has 0 saturated heterocycles. The summed E-state index contributed by atoms with van der Waals surface area (Å²) in [5.74, 6) is -1.24. The highest BCUT2D eigenvalue weighted by Crippen LogP contribution is 2.07. The third-order valence-corrected chi connectivity index (χ3v) is 3.08. The van der Waals surface area contributed by atoms with Crippen LogP contribution in [-0.4, -0.2) is 37.0 Å². The monoisotopic (exact) mass is 293 g/mol. The van der Waals surface area contributed by atoms with Gasteiger partial charge in [0.2, 0.25) is 5.91 Å². The molecule has 0 N–H and O–H groups in total. The summed E-state index contributed by atoms with van der Waals surface area (Å²) in [5.41, 5.74) is 0.738. The average Bonchev–Trinajstić information content (AvgIpc) is 2.50. The van der Waals surface area contributed by atoms with Crippen molar-refractivity contribution in [2.75, 3.05) is 20.2 Å². The molecule has 0 fully saturated rings. The Kier molecular flexibility index (Phi) is 6.59. The van der Waals surface area contributed by atoms with Crippen molar-refractivity contribution in [1.82, 2.24) is 4.90 Å². The van der Waals surface area contributed by atoms with E-state index >= 15 is 0 Å². The summed E-state index contributed by atoms with van der Waals surface area (Å²) in [5, 5.41) is 0. The van der Waals surface area contributed by atoms with Crippen molar-refractivity contribution in [3.63, 3.8) is 0 Å². The molecule has 1 aromatic rings. The molecule has 0 aliphatic rings. The van der Waals surface area contributed by atoms with Crippen LogP contribution in [-0.2, 0) is 14.3 Å². The lowest BCUT2D eigenvalue weighted by Gasteiger charge is -2.22. The van der Waals surface area contributed by atoms with Gasteiger partial charge in [-0.15, -0.1) is 0 Å². The molecule has 21 heavy (non-hydrogen) atoms. The van der Waals surface area contributed by atoms with Gasteiger partial charge in [0.15, 0.2) is 0 Å². The molecule has 0 saturated carbocycles. The van der Waals surface area contributed by atoms with Gasteiger partial charge in [0, 0.05) is 19.2 Å². The molecule has 114 valence electrons. The minimum atomic E-state index is -0.377. The predicted molar refractivity (Wildman–Crippen MR) is 78.9 cm³/mol. The number of carbonyl (C=O) groups excluding carboxylic acids is 2. The Morgan fingerprint density at radius 1 is 1.33 bits per heavy atom. The second-order valence-electron chi connectivity index (χ2n) is 4.69. The lowest BCUT2D eigenvalue weighted by atomic mass is 10.1. The first-order chi connectivity index (χ1) is 9.97. The van der Waals surface area contributed by atoms with E-state index < -0.39 is 0 Å². The molecule has 1 amide bonds. The lowest BCUT2D eigenvalue weighted by Crippen LogP contribution is -2.36. The zero-order valence-electron chi connectivity index (χ0n) is 12.5. The van der Waals surface area contributed by atoms with Crippen LogP contribution < -0.4 is 0 Å². The van der Waals surface area contributed by atoms with E-state index in [1.165, 1.54) is 25.3 Å². The topological polar surface area (TPSA) is 46.6 Å². The summed E-state index contributed by atoms with van der Waals surface area (Å²) >= 11 is 0. The van der Waals surface area contributed by atoms with Gasteiger partial charge in [-0.05, 0) is 30.7 Å². The molecule has 0 aliphatic carbocycles. The molecule has 0 heterocycles. The number of hydrogen-bond acceptors (Lipinski definition) is 3. The van der Waals surface area contributed by atoms with Gasteiger partial charge < -0.3 is 9.64 Å². The van der Waals surface area contributed by atoms with Crippen LogP contribution in [0.5, 0.6) is 0 Å². The third kappa shape index (κ3) is 5.38. The van der Waals surface area contributed by atoms with Crippen LogP contribution in [0.1, 0.15) is 19.4 Å². The highest BCUT2D eigenvalue weighted by Gasteiger charge is 2.18. The molecule has 0 bridgehead atoms. The Bertz CT molecular complexity index is 511. The second-order valence-corrected chi connectivity index (χ2v) is 4.69. The van der Waals surface area contributed by atoms with Crippen molar-refractivity contribution < 1.29 is 18.7 Å². The number of nitrogens with zero attached hydrogens (tertiary/aromatic N) is 1. The van der Waals surface area contributed by atoms with Gasteiger partial charge in [-0.1, -0.05) is 19.1 Å². The molecule has 5 heteroatoms. The first-order valence-electron chi connectivity index (χ1n) is 6.78. The van der Waals surface area contributed by atoms with Crippen LogP contribution in [0.15, 0.2) is 30.3 Å². The molecular weight excluding hydrogens is 273 g/mol. The Hall–Kier alpha value is -2.17. The van der Waals surface area contributed by atoms with Crippen LogP contribution in [0.4, 0.5) is 4.39 Å². The first-order valence-corrected chi connectivity index (χ1v) is 6.78. The van der Waals surface area contributed by atoms with Crippen LogP contribution in [0.3, 0.4) is 0 Å².